The minimum atomic E-state index is -3.13. The minimum Gasteiger partial charge on any atom is -0.397 e. The van der Waals surface area contributed by atoms with E-state index in [0.29, 0.717) is 10.1 Å². The van der Waals surface area contributed by atoms with Gasteiger partial charge in [-0.1, -0.05) is 6.92 Å². The number of halogens is 1. The molecule has 0 saturated carbocycles. The molecular formula is C13H15FN2O3S2. The molecule has 1 heterocycles. The predicted molar refractivity (Wildman–Crippen MR) is 82.9 cm³/mol. The molecule has 0 bridgehead atoms. The molecule has 1 amide bonds. The Balaban J connectivity index is 2.15. The van der Waals surface area contributed by atoms with Gasteiger partial charge in [0.2, 0.25) is 0 Å². The lowest BCUT2D eigenvalue weighted by atomic mass is 10.2. The summed E-state index contributed by atoms with van der Waals surface area (Å²) in [6.07, 6.45) is 0. The largest absolute Gasteiger partial charge is 0.397 e. The summed E-state index contributed by atoms with van der Waals surface area (Å²) in [6.45, 7) is 1.58. The first-order chi connectivity index (χ1) is 9.84. The fraction of sp³-hybridized carbons (Fsp3) is 0.308. The first-order valence-electron chi connectivity index (χ1n) is 6.30. The Morgan fingerprint density at radius 2 is 2.14 bits per heavy atom. The molecule has 0 unspecified atom stereocenters. The highest BCUT2D eigenvalue weighted by atomic mass is 32.2. The van der Waals surface area contributed by atoms with Crippen LogP contribution in [0.2, 0.25) is 0 Å². The van der Waals surface area contributed by atoms with Crippen LogP contribution in [0.5, 0.6) is 0 Å². The number of fused-ring (bicyclic) bond motifs is 1. The van der Waals surface area contributed by atoms with Crippen LogP contribution in [0.4, 0.5) is 10.1 Å². The molecular weight excluding hydrogens is 315 g/mol. The van der Waals surface area contributed by atoms with Gasteiger partial charge in [0.15, 0.2) is 9.84 Å². The molecule has 5 nitrogen and oxygen atoms in total. The molecule has 3 N–H and O–H groups in total. The van der Waals surface area contributed by atoms with Crippen molar-refractivity contribution in [2.75, 3.05) is 23.8 Å². The van der Waals surface area contributed by atoms with Crippen molar-refractivity contribution in [1.82, 2.24) is 5.32 Å². The topological polar surface area (TPSA) is 89.3 Å². The second-order valence-electron chi connectivity index (χ2n) is 4.48. The molecule has 0 fully saturated rings. The van der Waals surface area contributed by atoms with Crippen LogP contribution in [0.3, 0.4) is 0 Å². The normalized spacial score (nSPS) is 11.7. The second-order valence-corrected chi connectivity index (χ2v) is 8.00. The first-order valence-corrected chi connectivity index (χ1v) is 8.94. The van der Waals surface area contributed by atoms with Crippen LogP contribution in [0.1, 0.15) is 16.6 Å². The number of hydrogen-bond acceptors (Lipinski definition) is 5. The third kappa shape index (κ3) is 3.51. The number of hydrogen-bond donors (Lipinski definition) is 2. The van der Waals surface area contributed by atoms with E-state index in [1.807, 2.05) is 0 Å². The standard InChI is InChI=1S/C13H15FN2O3S2/c1-2-21(18,19)6-5-16-13(17)12-11(15)9-7-8(14)3-4-10(9)20-12/h3-4,7H,2,5-6,15H2,1H3,(H,16,17). The summed E-state index contributed by atoms with van der Waals surface area (Å²) in [5.41, 5.74) is 6.07. The highest BCUT2D eigenvalue weighted by molar-refractivity contribution is 7.91. The number of anilines is 1. The molecule has 8 heteroatoms. The summed E-state index contributed by atoms with van der Waals surface area (Å²) in [5.74, 6) is -0.949. The molecule has 114 valence electrons. The summed E-state index contributed by atoms with van der Waals surface area (Å²) < 4.78 is 36.6. The third-order valence-electron chi connectivity index (χ3n) is 3.03. The van der Waals surface area contributed by atoms with Crippen LogP contribution in [0.15, 0.2) is 18.2 Å². The monoisotopic (exact) mass is 330 g/mol. The van der Waals surface area contributed by atoms with E-state index in [-0.39, 0.29) is 28.6 Å². The number of amides is 1. The number of nitrogens with one attached hydrogen (secondary N) is 1. The first kappa shape index (κ1) is 15.7. The molecule has 1 aromatic heterocycles. The maximum absolute atomic E-state index is 13.2. The van der Waals surface area contributed by atoms with E-state index >= 15 is 0 Å². The number of thiophene rings is 1. The maximum Gasteiger partial charge on any atom is 0.263 e. The Morgan fingerprint density at radius 1 is 1.43 bits per heavy atom. The lowest BCUT2D eigenvalue weighted by Crippen LogP contribution is -2.29. The molecule has 21 heavy (non-hydrogen) atoms. The SMILES string of the molecule is CCS(=O)(=O)CCNC(=O)c1sc2ccc(F)cc2c1N. The molecule has 0 spiro atoms. The zero-order valence-electron chi connectivity index (χ0n) is 11.3. The number of rotatable bonds is 5. The van der Waals surface area contributed by atoms with Crippen molar-refractivity contribution >= 4 is 42.9 Å². The Kier molecular flexibility index (Phi) is 4.48. The molecule has 2 aromatic rings. The second kappa shape index (κ2) is 5.98. The molecule has 0 aliphatic heterocycles. The molecule has 1 aromatic carbocycles. The van der Waals surface area contributed by atoms with Gasteiger partial charge in [0.1, 0.15) is 10.7 Å². The fourth-order valence-electron chi connectivity index (χ4n) is 1.80. The number of nitrogens with two attached hydrogens (primary N) is 1. The molecule has 0 atom stereocenters. The highest BCUT2D eigenvalue weighted by Crippen LogP contribution is 2.33. The van der Waals surface area contributed by atoms with Crippen LogP contribution in [-0.2, 0) is 9.84 Å². The zero-order valence-corrected chi connectivity index (χ0v) is 13.0. The van der Waals surface area contributed by atoms with E-state index in [2.05, 4.69) is 5.32 Å². The molecule has 2 rings (SSSR count). The minimum absolute atomic E-state index is 0.0249. The Morgan fingerprint density at radius 3 is 2.81 bits per heavy atom. The summed E-state index contributed by atoms with van der Waals surface area (Å²) in [7, 11) is -3.13. The average molecular weight is 330 g/mol. The van der Waals surface area contributed by atoms with E-state index in [1.165, 1.54) is 12.1 Å². The van der Waals surface area contributed by atoms with Crippen molar-refractivity contribution in [2.45, 2.75) is 6.92 Å². The Labute approximate surface area is 125 Å². The maximum atomic E-state index is 13.2. The average Bonchev–Trinajstić information content (AvgIpc) is 2.76. The third-order valence-corrected chi connectivity index (χ3v) is 5.92. The van der Waals surface area contributed by atoms with Crippen LogP contribution in [-0.4, -0.2) is 32.4 Å². The molecule has 0 radical (unpaired) electrons. The van der Waals surface area contributed by atoms with E-state index in [1.54, 1.807) is 13.0 Å². The fourth-order valence-corrected chi connectivity index (χ4v) is 3.52. The number of carbonyl (C=O) groups is 1. The van der Waals surface area contributed by atoms with E-state index < -0.39 is 21.6 Å². The quantitative estimate of drug-likeness (QED) is 0.874. The van der Waals surface area contributed by atoms with Crippen molar-refractivity contribution in [3.63, 3.8) is 0 Å². The van der Waals surface area contributed by atoms with E-state index in [4.69, 9.17) is 5.73 Å². The van der Waals surface area contributed by atoms with E-state index in [9.17, 15) is 17.6 Å². The molecule has 0 aliphatic carbocycles. The van der Waals surface area contributed by atoms with Gasteiger partial charge in [-0.25, -0.2) is 12.8 Å². The van der Waals surface area contributed by atoms with Crippen molar-refractivity contribution in [3.8, 4) is 0 Å². The van der Waals surface area contributed by atoms with Gasteiger partial charge in [-0.05, 0) is 18.2 Å². The van der Waals surface area contributed by atoms with Crippen LogP contribution >= 0.6 is 11.3 Å². The molecule has 0 aliphatic rings. The van der Waals surface area contributed by atoms with Crippen molar-refractivity contribution in [3.05, 3.63) is 28.9 Å². The van der Waals surface area contributed by atoms with Gasteiger partial charge in [-0.15, -0.1) is 11.3 Å². The Hall–Kier alpha value is -1.67. The number of sulfone groups is 1. The van der Waals surface area contributed by atoms with E-state index in [0.717, 1.165) is 11.3 Å². The van der Waals surface area contributed by atoms with Gasteiger partial charge in [-0.2, -0.15) is 0 Å². The summed E-state index contributed by atoms with van der Waals surface area (Å²) in [6, 6.07) is 4.14. The lowest BCUT2D eigenvalue weighted by molar-refractivity contribution is 0.0961. The Bertz CT molecular complexity index is 784. The number of carbonyl (C=O) groups excluding carboxylic acids is 1. The van der Waals surface area contributed by atoms with Gasteiger partial charge in [-0.3, -0.25) is 4.79 Å². The summed E-state index contributed by atoms with van der Waals surface area (Å²) >= 11 is 1.15. The summed E-state index contributed by atoms with van der Waals surface area (Å²) in [5, 5.41) is 3.02. The summed E-state index contributed by atoms with van der Waals surface area (Å²) in [4.78, 5) is 12.3. The number of nitrogen functional groups attached to an aromatic ring is 1. The van der Waals surface area contributed by atoms with Crippen molar-refractivity contribution in [2.24, 2.45) is 0 Å². The number of benzene rings is 1. The molecule has 0 saturated heterocycles. The van der Waals surface area contributed by atoms with Gasteiger partial charge in [0.05, 0.1) is 11.4 Å². The smallest absolute Gasteiger partial charge is 0.263 e. The van der Waals surface area contributed by atoms with Crippen LogP contribution < -0.4 is 11.1 Å². The predicted octanol–water partition coefficient (Wildman–Crippen LogP) is 1.79. The zero-order chi connectivity index (χ0) is 15.6. The van der Waals surface area contributed by atoms with Gasteiger partial charge in [0.25, 0.3) is 5.91 Å². The van der Waals surface area contributed by atoms with Crippen LogP contribution in [0, 0.1) is 5.82 Å². The van der Waals surface area contributed by atoms with Gasteiger partial charge in [0, 0.05) is 22.4 Å². The van der Waals surface area contributed by atoms with Gasteiger partial charge >= 0.3 is 0 Å². The highest BCUT2D eigenvalue weighted by Gasteiger charge is 2.17. The lowest BCUT2D eigenvalue weighted by Gasteiger charge is -2.04. The van der Waals surface area contributed by atoms with Crippen molar-refractivity contribution < 1.29 is 17.6 Å². The van der Waals surface area contributed by atoms with Crippen molar-refractivity contribution in [1.29, 1.82) is 0 Å². The van der Waals surface area contributed by atoms with Crippen LogP contribution in [0.25, 0.3) is 10.1 Å². The van der Waals surface area contributed by atoms with Gasteiger partial charge < -0.3 is 11.1 Å².